The minimum absolute atomic E-state index is 0.0155. The zero-order valence-electron chi connectivity index (χ0n) is 12.6. The molecule has 114 valence electrons. The van der Waals surface area contributed by atoms with E-state index >= 15 is 0 Å². The van der Waals surface area contributed by atoms with Gasteiger partial charge in [-0.15, -0.1) is 0 Å². The van der Waals surface area contributed by atoms with E-state index in [0.717, 1.165) is 5.56 Å². The molecule has 0 saturated heterocycles. The first-order valence-electron chi connectivity index (χ1n) is 6.53. The molecule has 2 aromatic rings. The van der Waals surface area contributed by atoms with Crippen molar-refractivity contribution in [2.24, 2.45) is 7.05 Å². The van der Waals surface area contributed by atoms with Crippen molar-refractivity contribution < 1.29 is 8.42 Å². The van der Waals surface area contributed by atoms with E-state index in [1.807, 2.05) is 32.9 Å². The van der Waals surface area contributed by atoms with Gasteiger partial charge in [-0.3, -0.25) is 9.40 Å². The standard InChI is InChI=1S/C14H20N4O2S/c1-14(2,3)10-7-5-6-8-11(10)17-21(19,20)12-9-18(4)16-13(12)15/h5-9,17H,1-4H3,(H2,15,16). The van der Waals surface area contributed by atoms with Gasteiger partial charge in [-0.2, -0.15) is 5.10 Å². The minimum Gasteiger partial charge on any atom is -0.381 e. The number of nitrogens with zero attached hydrogens (tertiary/aromatic N) is 2. The number of nitrogens with one attached hydrogen (secondary N) is 1. The first kappa shape index (κ1) is 15.4. The highest BCUT2D eigenvalue weighted by Gasteiger charge is 2.24. The maximum Gasteiger partial charge on any atom is 0.267 e. The summed E-state index contributed by atoms with van der Waals surface area (Å²) < 4.78 is 28.9. The van der Waals surface area contributed by atoms with E-state index in [9.17, 15) is 8.42 Å². The van der Waals surface area contributed by atoms with Crippen molar-refractivity contribution >= 4 is 21.5 Å². The molecule has 1 heterocycles. The Hall–Kier alpha value is -2.02. The third-order valence-corrected chi connectivity index (χ3v) is 4.47. The van der Waals surface area contributed by atoms with Crippen molar-refractivity contribution in [2.45, 2.75) is 31.1 Å². The first-order chi connectivity index (χ1) is 9.61. The third kappa shape index (κ3) is 3.18. The second kappa shape index (κ2) is 5.07. The molecule has 0 aliphatic carbocycles. The Balaban J connectivity index is 2.45. The highest BCUT2D eigenvalue weighted by molar-refractivity contribution is 7.92. The van der Waals surface area contributed by atoms with E-state index in [1.165, 1.54) is 10.9 Å². The SMILES string of the molecule is Cn1cc(S(=O)(=O)Nc2ccccc2C(C)(C)C)c(N)n1. The molecular weight excluding hydrogens is 288 g/mol. The number of nitrogens with two attached hydrogens (primary N) is 1. The van der Waals surface area contributed by atoms with Gasteiger partial charge in [0.05, 0.1) is 5.69 Å². The van der Waals surface area contributed by atoms with Crippen molar-refractivity contribution in [3.63, 3.8) is 0 Å². The van der Waals surface area contributed by atoms with Gasteiger partial charge in [-0.05, 0) is 17.0 Å². The summed E-state index contributed by atoms with van der Waals surface area (Å²) in [6.07, 6.45) is 1.39. The fraction of sp³-hybridized carbons (Fsp3) is 0.357. The lowest BCUT2D eigenvalue weighted by Gasteiger charge is -2.23. The van der Waals surface area contributed by atoms with Crippen LogP contribution < -0.4 is 10.5 Å². The number of hydrogen-bond acceptors (Lipinski definition) is 4. The molecule has 6 nitrogen and oxygen atoms in total. The molecule has 21 heavy (non-hydrogen) atoms. The van der Waals surface area contributed by atoms with Gasteiger partial charge in [0.2, 0.25) is 0 Å². The Bertz CT molecular complexity index is 758. The number of para-hydroxylation sites is 1. The van der Waals surface area contributed by atoms with Crippen LogP contribution >= 0.6 is 0 Å². The Kier molecular flexibility index (Phi) is 3.71. The predicted octanol–water partition coefficient (Wildman–Crippen LogP) is 2.10. The molecule has 0 saturated carbocycles. The average molecular weight is 308 g/mol. The lowest BCUT2D eigenvalue weighted by atomic mass is 9.86. The van der Waals surface area contributed by atoms with Gasteiger partial charge < -0.3 is 5.73 Å². The Morgan fingerprint density at radius 2 is 1.86 bits per heavy atom. The topological polar surface area (TPSA) is 90.0 Å². The number of anilines is 2. The molecule has 1 aromatic heterocycles. The molecule has 0 aliphatic heterocycles. The molecule has 0 amide bonds. The molecule has 2 rings (SSSR count). The molecule has 7 heteroatoms. The van der Waals surface area contributed by atoms with E-state index in [4.69, 9.17) is 5.73 Å². The molecule has 3 N–H and O–H groups in total. The summed E-state index contributed by atoms with van der Waals surface area (Å²) in [7, 11) is -2.14. The summed E-state index contributed by atoms with van der Waals surface area (Å²) in [5, 5.41) is 3.87. The number of hydrogen-bond donors (Lipinski definition) is 2. The Morgan fingerprint density at radius 1 is 1.24 bits per heavy atom. The van der Waals surface area contributed by atoms with Crippen LogP contribution in [0.25, 0.3) is 0 Å². The van der Waals surface area contributed by atoms with Crippen LogP contribution in [-0.2, 0) is 22.5 Å². The van der Waals surface area contributed by atoms with Gasteiger partial charge in [0.1, 0.15) is 4.90 Å². The zero-order valence-corrected chi connectivity index (χ0v) is 13.4. The van der Waals surface area contributed by atoms with E-state index in [1.54, 1.807) is 19.2 Å². The number of nitrogen functional groups attached to an aromatic ring is 1. The smallest absolute Gasteiger partial charge is 0.267 e. The van der Waals surface area contributed by atoms with Gasteiger partial charge in [-0.25, -0.2) is 8.42 Å². The van der Waals surface area contributed by atoms with Crippen molar-refractivity contribution in [1.82, 2.24) is 9.78 Å². The molecule has 0 bridgehead atoms. The second-order valence-electron chi connectivity index (χ2n) is 5.95. The zero-order chi connectivity index (χ0) is 15.8. The maximum atomic E-state index is 12.5. The number of benzene rings is 1. The highest BCUT2D eigenvalue weighted by Crippen LogP contribution is 2.31. The van der Waals surface area contributed by atoms with E-state index in [2.05, 4.69) is 9.82 Å². The molecule has 0 unspecified atom stereocenters. The number of sulfonamides is 1. The van der Waals surface area contributed by atoms with Gasteiger partial charge in [-0.1, -0.05) is 39.0 Å². The van der Waals surface area contributed by atoms with E-state index in [0.29, 0.717) is 5.69 Å². The van der Waals surface area contributed by atoms with Crippen molar-refractivity contribution in [3.8, 4) is 0 Å². The van der Waals surface area contributed by atoms with Crippen LogP contribution in [0.5, 0.6) is 0 Å². The normalized spacial score (nSPS) is 12.4. The molecular formula is C14H20N4O2S. The van der Waals surface area contributed by atoms with Crippen LogP contribution in [0.4, 0.5) is 11.5 Å². The van der Waals surface area contributed by atoms with E-state index in [-0.39, 0.29) is 16.1 Å². The minimum atomic E-state index is -3.76. The van der Waals surface area contributed by atoms with Crippen LogP contribution in [0.2, 0.25) is 0 Å². The maximum absolute atomic E-state index is 12.5. The summed E-state index contributed by atoms with van der Waals surface area (Å²) in [6, 6.07) is 7.33. The summed E-state index contributed by atoms with van der Waals surface area (Å²) in [5.41, 5.74) is 6.94. The average Bonchev–Trinajstić information content (AvgIpc) is 2.68. The van der Waals surface area contributed by atoms with Crippen LogP contribution in [0.15, 0.2) is 35.4 Å². The monoisotopic (exact) mass is 308 g/mol. The predicted molar refractivity (Wildman–Crippen MR) is 83.6 cm³/mol. The fourth-order valence-corrected chi connectivity index (χ4v) is 3.30. The van der Waals surface area contributed by atoms with Gasteiger partial charge in [0.15, 0.2) is 5.82 Å². The fourth-order valence-electron chi connectivity index (χ4n) is 2.12. The van der Waals surface area contributed by atoms with Crippen LogP contribution in [-0.4, -0.2) is 18.2 Å². The second-order valence-corrected chi connectivity index (χ2v) is 7.60. The first-order valence-corrected chi connectivity index (χ1v) is 8.01. The quantitative estimate of drug-likeness (QED) is 0.908. The Labute approximate surface area is 125 Å². The number of aromatic nitrogens is 2. The van der Waals surface area contributed by atoms with Crippen molar-refractivity contribution in [2.75, 3.05) is 10.5 Å². The summed E-state index contributed by atoms with van der Waals surface area (Å²) in [4.78, 5) is -0.0197. The van der Waals surface area contributed by atoms with Gasteiger partial charge in [0, 0.05) is 13.2 Å². The molecule has 0 fully saturated rings. The van der Waals surface area contributed by atoms with Crippen LogP contribution in [0.1, 0.15) is 26.3 Å². The summed E-state index contributed by atoms with van der Waals surface area (Å²) in [6.45, 7) is 6.08. The molecule has 0 radical (unpaired) electrons. The molecule has 0 spiro atoms. The number of rotatable bonds is 3. The molecule has 0 aliphatic rings. The lowest BCUT2D eigenvalue weighted by molar-refractivity contribution is 0.590. The van der Waals surface area contributed by atoms with Crippen LogP contribution in [0.3, 0.4) is 0 Å². The van der Waals surface area contributed by atoms with Crippen molar-refractivity contribution in [3.05, 3.63) is 36.0 Å². The molecule has 1 aromatic carbocycles. The summed E-state index contributed by atoms with van der Waals surface area (Å²) in [5.74, 6) is -0.0155. The lowest BCUT2D eigenvalue weighted by Crippen LogP contribution is -2.19. The Morgan fingerprint density at radius 3 is 2.38 bits per heavy atom. The number of aryl methyl sites for hydroxylation is 1. The van der Waals surface area contributed by atoms with E-state index < -0.39 is 10.0 Å². The van der Waals surface area contributed by atoms with Gasteiger partial charge in [0.25, 0.3) is 10.0 Å². The van der Waals surface area contributed by atoms with Crippen LogP contribution in [0, 0.1) is 0 Å². The molecule has 0 atom stereocenters. The van der Waals surface area contributed by atoms with Crippen molar-refractivity contribution in [1.29, 1.82) is 0 Å². The van der Waals surface area contributed by atoms with Gasteiger partial charge >= 0.3 is 0 Å². The summed E-state index contributed by atoms with van der Waals surface area (Å²) >= 11 is 0. The largest absolute Gasteiger partial charge is 0.381 e. The third-order valence-electron chi connectivity index (χ3n) is 3.09. The highest BCUT2D eigenvalue weighted by atomic mass is 32.2.